The quantitative estimate of drug-likeness (QED) is 0.248. The van der Waals surface area contributed by atoms with Gasteiger partial charge in [-0.2, -0.15) is 0 Å². The average molecular weight is 519 g/mol. The van der Waals surface area contributed by atoms with Gasteiger partial charge in [-0.05, 0) is 30.3 Å². The molecule has 38 heavy (non-hydrogen) atoms. The summed E-state index contributed by atoms with van der Waals surface area (Å²) in [5.41, 5.74) is 2.21. The summed E-state index contributed by atoms with van der Waals surface area (Å²) in [4.78, 5) is 26.0. The van der Waals surface area contributed by atoms with Gasteiger partial charge in [-0.3, -0.25) is 9.59 Å². The van der Waals surface area contributed by atoms with Crippen molar-refractivity contribution in [2.75, 3.05) is 35.5 Å². The third kappa shape index (κ3) is 4.06. The Bertz CT molecular complexity index is 1470. The van der Waals surface area contributed by atoms with Crippen LogP contribution < -0.4 is 33.2 Å². The first-order chi connectivity index (χ1) is 18.4. The Morgan fingerprint density at radius 1 is 0.789 bits per heavy atom. The van der Waals surface area contributed by atoms with Crippen LogP contribution in [0.15, 0.2) is 48.2 Å². The van der Waals surface area contributed by atoms with Gasteiger partial charge < -0.3 is 33.2 Å². The second-order valence-corrected chi connectivity index (χ2v) is 8.56. The highest BCUT2D eigenvalue weighted by molar-refractivity contribution is 6.15. The third-order valence-electron chi connectivity index (χ3n) is 6.61. The molecule has 0 radical (unpaired) electrons. The molecule has 1 atom stereocenters. The minimum atomic E-state index is -0.533. The summed E-state index contributed by atoms with van der Waals surface area (Å²) in [6, 6.07) is 12.0. The Kier molecular flexibility index (Phi) is 6.59. The second-order valence-electron chi connectivity index (χ2n) is 8.56. The predicted molar refractivity (Wildman–Crippen MR) is 137 cm³/mol. The lowest BCUT2D eigenvalue weighted by molar-refractivity contribution is -0.135. The molecule has 3 aromatic rings. The number of methoxy groups -OCH3 is 5. The number of Topliss-reactive ketones (excluding diaryl/α,β-unsaturated/α-hetero) is 1. The van der Waals surface area contributed by atoms with Crippen molar-refractivity contribution in [2.24, 2.45) is 0 Å². The van der Waals surface area contributed by atoms with Crippen LogP contribution in [-0.2, 0) is 4.79 Å². The highest BCUT2D eigenvalue weighted by Crippen LogP contribution is 2.52. The molecule has 0 aliphatic carbocycles. The molecule has 2 heterocycles. The van der Waals surface area contributed by atoms with E-state index in [0.717, 1.165) is 0 Å². The number of hydrogen-bond donors (Lipinski definition) is 0. The summed E-state index contributed by atoms with van der Waals surface area (Å²) in [7, 11) is 7.66. The number of ether oxygens (including phenoxy) is 7. The number of ketones is 1. The van der Waals surface area contributed by atoms with Crippen molar-refractivity contribution >= 4 is 17.8 Å². The highest BCUT2D eigenvalue weighted by Gasteiger charge is 2.40. The first-order valence-electron chi connectivity index (χ1n) is 11.8. The lowest BCUT2D eigenvalue weighted by Gasteiger charge is -2.28. The van der Waals surface area contributed by atoms with Gasteiger partial charge in [0.15, 0.2) is 28.8 Å². The number of esters is 1. The van der Waals surface area contributed by atoms with E-state index in [9.17, 15) is 9.59 Å². The fourth-order valence-electron chi connectivity index (χ4n) is 4.86. The number of fused-ring (bicyclic) bond motifs is 3. The summed E-state index contributed by atoms with van der Waals surface area (Å²) in [5.74, 6) is 1.94. The average Bonchev–Trinajstić information content (AvgIpc) is 3.26. The topological polar surface area (TPSA) is 98.8 Å². The standard InChI is InChI=1S/C29H26O9/c1-32-20-8-6-7-15(28(20)36-5)11-24-27(31)16-9-10-19-26(29(16)38-24)18(13-25(30)37-19)17-12-22(34-3)23(35-4)14-21(17)33-2/h6-12,14,18H,13H2,1-5H3. The maximum atomic E-state index is 13.4. The molecular weight excluding hydrogens is 492 g/mol. The fraction of sp³-hybridized carbons (Fsp3) is 0.241. The van der Waals surface area contributed by atoms with E-state index in [1.165, 1.54) is 35.5 Å². The molecule has 196 valence electrons. The van der Waals surface area contributed by atoms with Crippen LogP contribution in [0.4, 0.5) is 0 Å². The maximum absolute atomic E-state index is 13.4. The Labute approximate surface area is 219 Å². The van der Waals surface area contributed by atoms with E-state index in [1.807, 2.05) is 0 Å². The molecule has 0 amide bonds. The smallest absolute Gasteiger partial charge is 0.312 e. The Hall–Kier alpha value is -4.66. The van der Waals surface area contributed by atoms with Gasteiger partial charge >= 0.3 is 5.97 Å². The third-order valence-corrected chi connectivity index (χ3v) is 6.61. The van der Waals surface area contributed by atoms with E-state index in [0.29, 0.717) is 62.5 Å². The molecule has 0 fully saturated rings. The van der Waals surface area contributed by atoms with E-state index < -0.39 is 11.9 Å². The number of carbonyl (C=O) groups is 2. The van der Waals surface area contributed by atoms with Crippen LogP contribution in [-0.4, -0.2) is 47.3 Å². The van der Waals surface area contributed by atoms with Gasteiger partial charge in [-0.15, -0.1) is 0 Å². The van der Waals surface area contributed by atoms with E-state index in [4.69, 9.17) is 33.2 Å². The molecule has 0 saturated heterocycles. The monoisotopic (exact) mass is 518 g/mol. The summed E-state index contributed by atoms with van der Waals surface area (Å²) in [6.45, 7) is 0. The van der Waals surface area contributed by atoms with E-state index in [1.54, 1.807) is 48.5 Å². The molecule has 0 aromatic heterocycles. The SMILES string of the molecule is COc1cc(OC)c(C2CC(=O)Oc3ccc4c(c32)OC(=Cc2cccc(OC)c2OC)C4=O)cc1OC. The molecule has 2 aliphatic heterocycles. The van der Waals surface area contributed by atoms with E-state index in [-0.39, 0.29) is 18.0 Å². The molecule has 3 aromatic carbocycles. The molecule has 9 nitrogen and oxygen atoms in total. The van der Waals surface area contributed by atoms with Gasteiger partial charge in [0.25, 0.3) is 0 Å². The molecular formula is C29H26O9. The second kappa shape index (κ2) is 10.0. The lowest BCUT2D eigenvalue weighted by atomic mass is 9.84. The molecule has 0 spiro atoms. The first-order valence-corrected chi connectivity index (χ1v) is 11.8. The van der Waals surface area contributed by atoms with Crippen molar-refractivity contribution in [3.8, 4) is 40.2 Å². The van der Waals surface area contributed by atoms with Gasteiger partial charge in [0.05, 0.1) is 47.5 Å². The lowest BCUT2D eigenvalue weighted by Crippen LogP contribution is -2.22. The molecule has 5 rings (SSSR count). The molecule has 0 bridgehead atoms. The maximum Gasteiger partial charge on any atom is 0.312 e. The summed E-state index contributed by atoms with van der Waals surface area (Å²) >= 11 is 0. The van der Waals surface area contributed by atoms with Crippen molar-refractivity contribution < 1.29 is 42.7 Å². The Morgan fingerprint density at radius 2 is 1.50 bits per heavy atom. The molecule has 0 saturated carbocycles. The van der Waals surface area contributed by atoms with Crippen molar-refractivity contribution in [3.05, 3.63) is 70.5 Å². The summed E-state index contributed by atoms with van der Waals surface area (Å²) < 4.78 is 39.2. The number of benzene rings is 3. The largest absolute Gasteiger partial charge is 0.496 e. The zero-order chi connectivity index (χ0) is 27.0. The molecule has 9 heteroatoms. The van der Waals surface area contributed by atoms with Crippen LogP contribution in [0, 0.1) is 0 Å². The Morgan fingerprint density at radius 3 is 2.18 bits per heavy atom. The summed E-state index contributed by atoms with van der Waals surface area (Å²) in [5, 5.41) is 0. The number of carbonyl (C=O) groups excluding carboxylic acids is 2. The summed E-state index contributed by atoms with van der Waals surface area (Å²) in [6.07, 6.45) is 1.62. The predicted octanol–water partition coefficient (Wildman–Crippen LogP) is 4.79. The van der Waals surface area contributed by atoms with Crippen molar-refractivity contribution in [3.63, 3.8) is 0 Å². The van der Waals surface area contributed by atoms with Crippen LogP contribution in [0.25, 0.3) is 6.08 Å². The van der Waals surface area contributed by atoms with Gasteiger partial charge in [0, 0.05) is 28.7 Å². The van der Waals surface area contributed by atoms with Gasteiger partial charge in [0.1, 0.15) is 17.2 Å². The molecule has 0 N–H and O–H groups in total. The van der Waals surface area contributed by atoms with Gasteiger partial charge in [-0.1, -0.05) is 12.1 Å². The Balaban J connectivity index is 1.65. The van der Waals surface area contributed by atoms with Crippen LogP contribution in [0.2, 0.25) is 0 Å². The van der Waals surface area contributed by atoms with Crippen LogP contribution in [0.5, 0.6) is 40.2 Å². The minimum Gasteiger partial charge on any atom is -0.496 e. The van der Waals surface area contributed by atoms with Crippen molar-refractivity contribution in [1.82, 2.24) is 0 Å². The van der Waals surface area contributed by atoms with E-state index >= 15 is 0 Å². The highest BCUT2D eigenvalue weighted by atomic mass is 16.5. The minimum absolute atomic E-state index is 0.00953. The van der Waals surface area contributed by atoms with Crippen LogP contribution in [0.1, 0.15) is 39.4 Å². The van der Waals surface area contributed by atoms with Gasteiger partial charge in [0.2, 0.25) is 5.78 Å². The number of allylic oxidation sites excluding steroid dienone is 1. The normalized spacial score (nSPS) is 16.8. The van der Waals surface area contributed by atoms with Crippen molar-refractivity contribution in [1.29, 1.82) is 0 Å². The number of rotatable bonds is 7. The zero-order valence-electron chi connectivity index (χ0n) is 21.6. The molecule has 1 unspecified atom stereocenters. The van der Waals surface area contributed by atoms with Crippen LogP contribution in [0.3, 0.4) is 0 Å². The van der Waals surface area contributed by atoms with E-state index in [2.05, 4.69) is 0 Å². The number of hydrogen-bond acceptors (Lipinski definition) is 9. The molecule has 2 aliphatic rings. The van der Waals surface area contributed by atoms with Crippen molar-refractivity contribution in [2.45, 2.75) is 12.3 Å². The fourth-order valence-corrected chi connectivity index (χ4v) is 4.86. The zero-order valence-corrected chi connectivity index (χ0v) is 21.6. The number of para-hydroxylation sites is 1. The van der Waals surface area contributed by atoms with Gasteiger partial charge in [-0.25, -0.2) is 0 Å². The van der Waals surface area contributed by atoms with Crippen LogP contribution >= 0.6 is 0 Å². The first kappa shape index (κ1) is 25.0.